The average molecular weight is 364 g/mol. The Morgan fingerprint density at radius 2 is 2.04 bits per heavy atom. The minimum Gasteiger partial charge on any atom is -0.381 e. The molecule has 25 heavy (non-hydrogen) atoms. The number of carbonyl (C=O) groups excluding carboxylic acids is 1. The standard InChI is InChI=1S/C19H25N3O2.ClH/c20-16(11-14-12-21-17-4-2-1-3-15(14)17)18(23)22-8-5-19(13-22)6-9-24-10-7-19;/h1-4,12,16,21H,5-11,13,20H2;1H/t16-;/m0./s1. The molecule has 1 atom stereocenters. The van der Waals surface area contributed by atoms with Crippen molar-refractivity contribution in [3.05, 3.63) is 36.0 Å². The molecule has 0 saturated carbocycles. The van der Waals surface area contributed by atoms with Crippen LogP contribution in [0, 0.1) is 5.41 Å². The zero-order chi connectivity index (χ0) is 16.6. The van der Waals surface area contributed by atoms with E-state index in [9.17, 15) is 4.79 Å². The van der Waals surface area contributed by atoms with Gasteiger partial charge in [0.1, 0.15) is 0 Å². The molecule has 1 aromatic carbocycles. The van der Waals surface area contributed by atoms with E-state index < -0.39 is 6.04 Å². The second-order valence-electron chi connectivity index (χ2n) is 7.29. The third-order valence-corrected chi connectivity index (χ3v) is 5.74. The summed E-state index contributed by atoms with van der Waals surface area (Å²) in [6.45, 7) is 3.32. The number of likely N-dealkylation sites (tertiary alicyclic amines) is 1. The van der Waals surface area contributed by atoms with Crippen LogP contribution < -0.4 is 5.73 Å². The highest BCUT2D eigenvalue weighted by atomic mass is 35.5. The van der Waals surface area contributed by atoms with Gasteiger partial charge in [-0.25, -0.2) is 0 Å². The maximum absolute atomic E-state index is 12.8. The molecule has 4 rings (SSSR count). The lowest BCUT2D eigenvalue weighted by Gasteiger charge is -2.33. The van der Waals surface area contributed by atoms with E-state index in [1.807, 2.05) is 29.3 Å². The first-order chi connectivity index (χ1) is 11.7. The van der Waals surface area contributed by atoms with E-state index in [0.717, 1.165) is 62.0 Å². The third kappa shape index (κ3) is 3.54. The van der Waals surface area contributed by atoms with Crippen LogP contribution in [0.1, 0.15) is 24.8 Å². The number of H-pyrrole nitrogens is 1. The van der Waals surface area contributed by atoms with Crippen molar-refractivity contribution in [3.63, 3.8) is 0 Å². The van der Waals surface area contributed by atoms with Crippen LogP contribution in [0.5, 0.6) is 0 Å². The molecule has 1 amide bonds. The highest BCUT2D eigenvalue weighted by Crippen LogP contribution is 2.39. The van der Waals surface area contributed by atoms with Gasteiger partial charge >= 0.3 is 0 Å². The maximum Gasteiger partial charge on any atom is 0.239 e. The number of para-hydroxylation sites is 1. The Morgan fingerprint density at radius 1 is 1.28 bits per heavy atom. The number of carbonyl (C=O) groups is 1. The van der Waals surface area contributed by atoms with Crippen LogP contribution in [0.15, 0.2) is 30.5 Å². The van der Waals surface area contributed by atoms with E-state index in [0.29, 0.717) is 6.42 Å². The van der Waals surface area contributed by atoms with E-state index in [2.05, 4.69) is 11.1 Å². The molecule has 1 aromatic heterocycles. The number of hydrogen-bond acceptors (Lipinski definition) is 3. The molecule has 3 heterocycles. The van der Waals surface area contributed by atoms with E-state index in [1.54, 1.807) is 0 Å². The van der Waals surface area contributed by atoms with Crippen molar-refractivity contribution in [2.24, 2.45) is 11.1 Å². The lowest BCUT2D eigenvalue weighted by molar-refractivity contribution is -0.132. The molecule has 0 radical (unpaired) electrons. The van der Waals surface area contributed by atoms with Gasteiger partial charge in [-0.2, -0.15) is 0 Å². The molecule has 2 saturated heterocycles. The van der Waals surface area contributed by atoms with E-state index in [-0.39, 0.29) is 23.7 Å². The molecule has 2 fully saturated rings. The summed E-state index contributed by atoms with van der Waals surface area (Å²) < 4.78 is 5.48. The summed E-state index contributed by atoms with van der Waals surface area (Å²) >= 11 is 0. The third-order valence-electron chi connectivity index (χ3n) is 5.74. The number of rotatable bonds is 3. The van der Waals surface area contributed by atoms with Crippen LogP contribution >= 0.6 is 12.4 Å². The molecule has 136 valence electrons. The fraction of sp³-hybridized carbons (Fsp3) is 0.526. The molecule has 3 N–H and O–H groups in total. The summed E-state index contributed by atoms with van der Waals surface area (Å²) in [6.07, 6.45) is 5.77. The van der Waals surface area contributed by atoms with Gasteiger partial charge in [-0.3, -0.25) is 4.79 Å². The van der Waals surface area contributed by atoms with Gasteiger partial charge in [-0.05, 0) is 42.7 Å². The summed E-state index contributed by atoms with van der Waals surface area (Å²) in [5, 5.41) is 1.16. The van der Waals surface area contributed by atoms with Crippen LogP contribution in [-0.2, 0) is 16.0 Å². The van der Waals surface area contributed by atoms with Crippen molar-refractivity contribution in [3.8, 4) is 0 Å². The SMILES string of the molecule is Cl.N[C@@H](Cc1c[nH]c2ccccc12)C(=O)N1CCC2(CCOCC2)C1. The summed E-state index contributed by atoms with van der Waals surface area (Å²) in [6, 6.07) is 7.67. The van der Waals surface area contributed by atoms with Gasteiger partial charge in [-0.15, -0.1) is 12.4 Å². The smallest absolute Gasteiger partial charge is 0.239 e. The van der Waals surface area contributed by atoms with E-state index in [1.165, 1.54) is 0 Å². The quantitative estimate of drug-likeness (QED) is 0.880. The van der Waals surface area contributed by atoms with E-state index in [4.69, 9.17) is 10.5 Å². The summed E-state index contributed by atoms with van der Waals surface area (Å²) in [5.74, 6) is 0.0867. The molecule has 2 aliphatic heterocycles. The summed E-state index contributed by atoms with van der Waals surface area (Å²) in [7, 11) is 0. The number of nitrogens with two attached hydrogens (primary N) is 1. The average Bonchev–Trinajstić information content (AvgIpc) is 3.20. The number of nitrogens with one attached hydrogen (secondary N) is 1. The van der Waals surface area contributed by atoms with Gasteiger partial charge in [0, 0.05) is 43.4 Å². The molecule has 5 nitrogen and oxygen atoms in total. The van der Waals surface area contributed by atoms with Crippen LogP contribution in [0.3, 0.4) is 0 Å². The highest BCUT2D eigenvalue weighted by Gasteiger charge is 2.41. The Labute approximate surface area is 154 Å². The largest absolute Gasteiger partial charge is 0.381 e. The lowest BCUT2D eigenvalue weighted by atomic mass is 9.80. The van der Waals surface area contributed by atoms with Crippen molar-refractivity contribution >= 4 is 29.2 Å². The second-order valence-corrected chi connectivity index (χ2v) is 7.29. The number of benzene rings is 1. The minimum atomic E-state index is -0.473. The molecular weight excluding hydrogens is 338 g/mol. The molecule has 0 aliphatic carbocycles. The second kappa shape index (κ2) is 7.36. The van der Waals surface area contributed by atoms with Crippen LogP contribution in [0.25, 0.3) is 10.9 Å². The van der Waals surface area contributed by atoms with Crippen LogP contribution in [0.2, 0.25) is 0 Å². The fourth-order valence-electron chi connectivity index (χ4n) is 4.19. The normalized spacial score (nSPS) is 20.6. The number of nitrogens with zero attached hydrogens (tertiary/aromatic N) is 1. The number of halogens is 1. The first-order valence-corrected chi connectivity index (χ1v) is 8.84. The maximum atomic E-state index is 12.8. The Hall–Kier alpha value is -1.56. The van der Waals surface area contributed by atoms with Gasteiger partial charge in [0.05, 0.1) is 6.04 Å². The fourth-order valence-corrected chi connectivity index (χ4v) is 4.19. The zero-order valence-electron chi connectivity index (χ0n) is 14.4. The lowest BCUT2D eigenvalue weighted by Crippen LogP contribution is -2.45. The summed E-state index contributed by atoms with van der Waals surface area (Å²) in [5.41, 5.74) is 8.75. The van der Waals surface area contributed by atoms with Crippen LogP contribution in [0.4, 0.5) is 0 Å². The van der Waals surface area contributed by atoms with Crippen LogP contribution in [-0.4, -0.2) is 48.1 Å². The monoisotopic (exact) mass is 363 g/mol. The van der Waals surface area contributed by atoms with Crippen molar-refractivity contribution in [2.45, 2.75) is 31.7 Å². The van der Waals surface area contributed by atoms with Crippen molar-refractivity contribution < 1.29 is 9.53 Å². The van der Waals surface area contributed by atoms with Crippen molar-refractivity contribution in [1.82, 2.24) is 9.88 Å². The predicted octanol–water partition coefficient (Wildman–Crippen LogP) is 2.49. The molecular formula is C19H26ClN3O2. The number of fused-ring (bicyclic) bond motifs is 1. The minimum absolute atomic E-state index is 0. The van der Waals surface area contributed by atoms with Gasteiger partial charge < -0.3 is 20.4 Å². The first-order valence-electron chi connectivity index (χ1n) is 8.84. The Balaban J connectivity index is 0.00000182. The van der Waals surface area contributed by atoms with Crippen molar-refractivity contribution in [1.29, 1.82) is 0 Å². The van der Waals surface area contributed by atoms with Gasteiger partial charge in [-0.1, -0.05) is 18.2 Å². The number of ether oxygens (including phenoxy) is 1. The number of aromatic amines is 1. The van der Waals surface area contributed by atoms with Gasteiger partial charge in [0.15, 0.2) is 0 Å². The zero-order valence-corrected chi connectivity index (χ0v) is 15.2. The Morgan fingerprint density at radius 3 is 2.84 bits per heavy atom. The van der Waals surface area contributed by atoms with Gasteiger partial charge in [0.25, 0.3) is 0 Å². The first kappa shape index (κ1) is 18.2. The molecule has 0 bridgehead atoms. The molecule has 1 spiro atoms. The summed E-state index contributed by atoms with van der Waals surface area (Å²) in [4.78, 5) is 18.0. The number of amides is 1. The Bertz CT molecular complexity index is 739. The van der Waals surface area contributed by atoms with Gasteiger partial charge in [0.2, 0.25) is 5.91 Å². The number of hydrogen-bond donors (Lipinski definition) is 2. The molecule has 2 aromatic rings. The Kier molecular flexibility index (Phi) is 5.37. The molecule has 0 unspecified atom stereocenters. The van der Waals surface area contributed by atoms with Crippen molar-refractivity contribution in [2.75, 3.05) is 26.3 Å². The topological polar surface area (TPSA) is 71.4 Å². The number of aromatic nitrogens is 1. The predicted molar refractivity (Wildman–Crippen MR) is 101 cm³/mol. The molecule has 2 aliphatic rings. The van der Waals surface area contributed by atoms with E-state index >= 15 is 0 Å². The highest BCUT2D eigenvalue weighted by molar-refractivity contribution is 5.86. The molecule has 6 heteroatoms.